The standard InChI is InChI=1S/C16H20N6O/c1-16(2,3)12(17-9-11-7-5-4-6-8-11)15-20-14(22-23-15)13-18-10-19-21-13/h4-8,10,12,17H,9H2,1-3H3,(H,18,19,21)/t12-/m1/s1. The molecule has 0 unspecified atom stereocenters. The maximum Gasteiger partial charge on any atom is 0.244 e. The van der Waals surface area contributed by atoms with Crippen LogP contribution in [-0.2, 0) is 6.54 Å². The van der Waals surface area contributed by atoms with Gasteiger partial charge in [-0.1, -0.05) is 56.3 Å². The normalized spacial score (nSPS) is 13.2. The first kappa shape index (κ1) is 15.4. The summed E-state index contributed by atoms with van der Waals surface area (Å²) in [6.07, 6.45) is 1.42. The highest BCUT2D eigenvalue weighted by Gasteiger charge is 2.31. The zero-order chi connectivity index (χ0) is 16.3. The Morgan fingerprint density at radius 2 is 2.00 bits per heavy atom. The molecule has 0 amide bonds. The molecular weight excluding hydrogens is 292 g/mol. The minimum Gasteiger partial charge on any atom is -0.337 e. The molecule has 7 nitrogen and oxygen atoms in total. The lowest BCUT2D eigenvalue weighted by Crippen LogP contribution is -2.32. The molecule has 120 valence electrons. The van der Waals surface area contributed by atoms with E-state index in [1.807, 2.05) is 18.2 Å². The fraction of sp³-hybridized carbons (Fsp3) is 0.375. The minimum absolute atomic E-state index is 0.0770. The average molecular weight is 312 g/mol. The van der Waals surface area contributed by atoms with Crippen molar-refractivity contribution in [1.29, 1.82) is 0 Å². The van der Waals surface area contributed by atoms with Crippen LogP contribution in [0.1, 0.15) is 38.3 Å². The molecule has 0 spiro atoms. The van der Waals surface area contributed by atoms with Crippen molar-refractivity contribution in [3.63, 3.8) is 0 Å². The Morgan fingerprint density at radius 1 is 1.22 bits per heavy atom. The predicted molar refractivity (Wildman–Crippen MR) is 85.2 cm³/mol. The van der Waals surface area contributed by atoms with Crippen LogP contribution >= 0.6 is 0 Å². The third kappa shape index (κ3) is 3.62. The van der Waals surface area contributed by atoms with Crippen molar-refractivity contribution in [3.8, 4) is 11.6 Å². The summed E-state index contributed by atoms with van der Waals surface area (Å²) in [4.78, 5) is 8.50. The highest BCUT2D eigenvalue weighted by Crippen LogP contribution is 2.32. The Balaban J connectivity index is 1.79. The lowest BCUT2D eigenvalue weighted by Gasteiger charge is -2.28. The van der Waals surface area contributed by atoms with Gasteiger partial charge in [0.05, 0.1) is 6.04 Å². The molecule has 0 saturated carbocycles. The van der Waals surface area contributed by atoms with Crippen molar-refractivity contribution in [1.82, 2.24) is 30.6 Å². The molecule has 1 atom stereocenters. The van der Waals surface area contributed by atoms with Gasteiger partial charge in [0.2, 0.25) is 11.7 Å². The zero-order valence-corrected chi connectivity index (χ0v) is 13.4. The van der Waals surface area contributed by atoms with E-state index in [4.69, 9.17) is 4.52 Å². The van der Waals surface area contributed by atoms with Gasteiger partial charge >= 0.3 is 0 Å². The van der Waals surface area contributed by atoms with E-state index >= 15 is 0 Å². The first-order valence-corrected chi connectivity index (χ1v) is 7.50. The summed E-state index contributed by atoms with van der Waals surface area (Å²) in [5.41, 5.74) is 1.12. The van der Waals surface area contributed by atoms with Crippen molar-refractivity contribution in [2.75, 3.05) is 0 Å². The van der Waals surface area contributed by atoms with Gasteiger partial charge < -0.3 is 9.84 Å². The van der Waals surface area contributed by atoms with E-state index < -0.39 is 0 Å². The highest BCUT2D eigenvalue weighted by atomic mass is 16.5. The largest absolute Gasteiger partial charge is 0.337 e. The molecule has 0 bridgehead atoms. The van der Waals surface area contributed by atoms with Gasteiger partial charge in [-0.15, -0.1) is 0 Å². The van der Waals surface area contributed by atoms with Gasteiger partial charge in [-0.3, -0.25) is 5.10 Å². The molecule has 0 saturated heterocycles. The van der Waals surface area contributed by atoms with Crippen LogP contribution in [0.4, 0.5) is 0 Å². The van der Waals surface area contributed by atoms with Crippen LogP contribution in [0, 0.1) is 5.41 Å². The monoisotopic (exact) mass is 312 g/mol. The van der Waals surface area contributed by atoms with Crippen molar-refractivity contribution in [2.45, 2.75) is 33.4 Å². The summed E-state index contributed by atoms with van der Waals surface area (Å²) in [5, 5.41) is 14.0. The van der Waals surface area contributed by atoms with Crippen LogP contribution in [0.3, 0.4) is 0 Å². The smallest absolute Gasteiger partial charge is 0.244 e. The Kier molecular flexibility index (Phi) is 4.20. The Labute approximate surface area is 134 Å². The van der Waals surface area contributed by atoms with Gasteiger partial charge in [0.1, 0.15) is 6.33 Å². The molecule has 3 aromatic rings. The van der Waals surface area contributed by atoms with E-state index in [9.17, 15) is 0 Å². The van der Waals surface area contributed by atoms with E-state index in [1.165, 1.54) is 11.9 Å². The van der Waals surface area contributed by atoms with Crippen LogP contribution in [0.25, 0.3) is 11.6 Å². The van der Waals surface area contributed by atoms with Gasteiger partial charge in [-0.2, -0.15) is 10.1 Å². The van der Waals surface area contributed by atoms with E-state index in [0.29, 0.717) is 17.5 Å². The lowest BCUT2D eigenvalue weighted by molar-refractivity contribution is 0.211. The molecule has 3 rings (SSSR count). The van der Waals surface area contributed by atoms with Crippen molar-refractivity contribution in [3.05, 3.63) is 48.1 Å². The summed E-state index contributed by atoms with van der Waals surface area (Å²) in [6, 6.07) is 10.1. The molecule has 0 aliphatic carbocycles. The highest BCUT2D eigenvalue weighted by molar-refractivity contribution is 5.39. The maximum atomic E-state index is 5.45. The number of hydrogen-bond donors (Lipinski definition) is 2. The summed E-state index contributed by atoms with van der Waals surface area (Å²) in [6.45, 7) is 7.12. The van der Waals surface area contributed by atoms with Gasteiger partial charge in [-0.25, -0.2) is 4.98 Å². The van der Waals surface area contributed by atoms with Gasteiger partial charge in [0, 0.05) is 6.54 Å². The van der Waals surface area contributed by atoms with Crippen LogP contribution in [-0.4, -0.2) is 25.3 Å². The summed E-state index contributed by atoms with van der Waals surface area (Å²) < 4.78 is 5.45. The van der Waals surface area contributed by atoms with Crippen molar-refractivity contribution >= 4 is 0 Å². The molecule has 7 heteroatoms. The number of benzene rings is 1. The van der Waals surface area contributed by atoms with Crippen LogP contribution in [0.15, 0.2) is 41.2 Å². The summed E-state index contributed by atoms with van der Waals surface area (Å²) >= 11 is 0. The molecule has 0 aliphatic heterocycles. The van der Waals surface area contributed by atoms with E-state index in [-0.39, 0.29) is 11.5 Å². The molecule has 2 heterocycles. The topological polar surface area (TPSA) is 92.5 Å². The predicted octanol–water partition coefficient (Wildman–Crippen LogP) is 2.73. The second kappa shape index (κ2) is 6.29. The van der Waals surface area contributed by atoms with E-state index in [1.54, 1.807) is 0 Å². The number of nitrogens with one attached hydrogen (secondary N) is 2. The number of rotatable bonds is 5. The molecule has 0 fully saturated rings. The Morgan fingerprint density at radius 3 is 2.65 bits per heavy atom. The summed E-state index contributed by atoms with van der Waals surface area (Å²) in [7, 11) is 0. The number of H-pyrrole nitrogens is 1. The second-order valence-corrected chi connectivity index (χ2v) is 6.46. The van der Waals surface area contributed by atoms with E-state index in [2.05, 4.69) is 63.5 Å². The Bertz CT molecular complexity index is 730. The molecule has 2 N–H and O–H groups in total. The van der Waals surface area contributed by atoms with Gasteiger partial charge in [0.15, 0.2) is 5.82 Å². The van der Waals surface area contributed by atoms with Crippen LogP contribution < -0.4 is 5.32 Å². The molecular formula is C16H20N6O. The number of hydrogen-bond acceptors (Lipinski definition) is 6. The molecule has 23 heavy (non-hydrogen) atoms. The third-order valence-electron chi connectivity index (χ3n) is 3.53. The third-order valence-corrected chi connectivity index (χ3v) is 3.53. The minimum atomic E-state index is -0.0833. The second-order valence-electron chi connectivity index (χ2n) is 6.46. The first-order valence-electron chi connectivity index (χ1n) is 7.50. The average Bonchev–Trinajstić information content (AvgIpc) is 3.18. The van der Waals surface area contributed by atoms with Crippen LogP contribution in [0.2, 0.25) is 0 Å². The van der Waals surface area contributed by atoms with Gasteiger partial charge in [-0.05, 0) is 11.0 Å². The number of nitrogens with zero attached hydrogens (tertiary/aromatic N) is 4. The summed E-state index contributed by atoms with van der Waals surface area (Å²) in [5.74, 6) is 1.45. The van der Waals surface area contributed by atoms with Crippen molar-refractivity contribution < 1.29 is 4.52 Å². The van der Waals surface area contributed by atoms with E-state index in [0.717, 1.165) is 6.54 Å². The van der Waals surface area contributed by atoms with Crippen LogP contribution in [0.5, 0.6) is 0 Å². The number of aromatic nitrogens is 5. The quantitative estimate of drug-likeness (QED) is 0.752. The lowest BCUT2D eigenvalue weighted by atomic mass is 9.86. The fourth-order valence-electron chi connectivity index (χ4n) is 2.34. The fourth-order valence-corrected chi connectivity index (χ4v) is 2.34. The molecule has 2 aromatic heterocycles. The number of aromatic amines is 1. The first-order chi connectivity index (χ1) is 11.0. The molecule has 1 aromatic carbocycles. The van der Waals surface area contributed by atoms with Crippen molar-refractivity contribution in [2.24, 2.45) is 5.41 Å². The Hall–Kier alpha value is -2.54. The molecule has 0 radical (unpaired) electrons. The molecule has 0 aliphatic rings. The SMILES string of the molecule is CC(C)(C)[C@H](NCc1ccccc1)c1nc(-c2ncn[nH]2)no1. The maximum absolute atomic E-state index is 5.45. The zero-order valence-electron chi connectivity index (χ0n) is 13.4. The van der Waals surface area contributed by atoms with Gasteiger partial charge in [0.25, 0.3) is 0 Å².